The van der Waals surface area contributed by atoms with E-state index in [4.69, 9.17) is 4.74 Å². The lowest BCUT2D eigenvalue weighted by Crippen LogP contribution is -2.27. The predicted molar refractivity (Wildman–Crippen MR) is 73.4 cm³/mol. The molecule has 1 aromatic heterocycles. The Labute approximate surface area is 117 Å². The molecule has 0 aliphatic carbocycles. The van der Waals surface area contributed by atoms with Gasteiger partial charge in [0.1, 0.15) is 17.4 Å². The Balaban J connectivity index is 1.67. The maximum absolute atomic E-state index is 12.8. The maximum Gasteiger partial charge on any atom is 0.164 e. The lowest BCUT2D eigenvalue weighted by molar-refractivity contribution is 0.438. The summed E-state index contributed by atoms with van der Waals surface area (Å²) < 4.78 is 18.4. The third-order valence-electron chi connectivity index (χ3n) is 3.40. The first-order valence-corrected chi connectivity index (χ1v) is 6.77. The number of ether oxygens (including phenoxy) is 1. The fraction of sp³-hybridized carbons (Fsp3) is 0.333. The van der Waals surface area contributed by atoms with E-state index in [2.05, 4.69) is 15.3 Å². The highest BCUT2D eigenvalue weighted by molar-refractivity contribution is 5.28. The summed E-state index contributed by atoms with van der Waals surface area (Å²) in [5, 5.41) is 3.32. The summed E-state index contributed by atoms with van der Waals surface area (Å²) in [6, 6.07) is 5.88. The van der Waals surface area contributed by atoms with Crippen molar-refractivity contribution in [1.82, 2.24) is 15.3 Å². The van der Waals surface area contributed by atoms with Gasteiger partial charge in [0, 0.05) is 5.92 Å². The molecule has 20 heavy (non-hydrogen) atoms. The van der Waals surface area contributed by atoms with E-state index in [1.807, 2.05) is 0 Å². The summed E-state index contributed by atoms with van der Waals surface area (Å²) >= 11 is 0. The Hall–Kier alpha value is -2.01. The largest absolute Gasteiger partial charge is 0.454 e. The first kappa shape index (κ1) is 13.0. The van der Waals surface area contributed by atoms with Crippen LogP contribution in [0.1, 0.15) is 24.6 Å². The molecule has 2 aromatic rings. The zero-order valence-electron chi connectivity index (χ0n) is 11.1. The molecule has 2 heterocycles. The van der Waals surface area contributed by atoms with Gasteiger partial charge < -0.3 is 10.1 Å². The number of nitrogens with one attached hydrogen (secondary N) is 1. The van der Waals surface area contributed by atoms with Crippen LogP contribution in [-0.4, -0.2) is 23.1 Å². The van der Waals surface area contributed by atoms with Crippen LogP contribution in [0.3, 0.4) is 0 Å². The van der Waals surface area contributed by atoms with Crippen molar-refractivity contribution in [3.8, 4) is 11.5 Å². The molecule has 0 amide bonds. The molecule has 1 saturated heterocycles. The second-order valence-electron chi connectivity index (χ2n) is 4.86. The molecule has 0 spiro atoms. The average Bonchev–Trinajstić information content (AvgIpc) is 2.51. The van der Waals surface area contributed by atoms with E-state index in [0.29, 0.717) is 17.4 Å². The summed E-state index contributed by atoms with van der Waals surface area (Å²) in [7, 11) is 0. The first-order chi connectivity index (χ1) is 9.81. The molecule has 104 valence electrons. The standard InChI is InChI=1S/C15H16FN3O/c16-12-1-3-13(4-2-12)20-14-9-18-15(19-10-14)11-5-7-17-8-6-11/h1-4,9-11,17H,5-8H2. The summed E-state index contributed by atoms with van der Waals surface area (Å²) in [5.74, 6) is 2.16. The number of piperidine rings is 1. The second-order valence-corrected chi connectivity index (χ2v) is 4.86. The molecule has 1 aliphatic heterocycles. The van der Waals surface area contributed by atoms with E-state index in [1.54, 1.807) is 24.5 Å². The second kappa shape index (κ2) is 5.96. The van der Waals surface area contributed by atoms with Gasteiger partial charge in [0.2, 0.25) is 0 Å². The zero-order valence-corrected chi connectivity index (χ0v) is 11.1. The smallest absolute Gasteiger partial charge is 0.164 e. The van der Waals surface area contributed by atoms with Gasteiger partial charge in [0.15, 0.2) is 5.75 Å². The van der Waals surface area contributed by atoms with Gasteiger partial charge in [0.05, 0.1) is 12.4 Å². The molecule has 4 nitrogen and oxygen atoms in total. The number of hydrogen-bond acceptors (Lipinski definition) is 4. The van der Waals surface area contributed by atoms with Gasteiger partial charge >= 0.3 is 0 Å². The van der Waals surface area contributed by atoms with Crippen molar-refractivity contribution in [2.75, 3.05) is 13.1 Å². The molecule has 0 unspecified atom stereocenters. The van der Waals surface area contributed by atoms with Gasteiger partial charge in [-0.3, -0.25) is 0 Å². The van der Waals surface area contributed by atoms with Crippen molar-refractivity contribution >= 4 is 0 Å². The molecule has 1 fully saturated rings. The van der Waals surface area contributed by atoms with E-state index in [0.717, 1.165) is 31.8 Å². The van der Waals surface area contributed by atoms with Gasteiger partial charge in [-0.1, -0.05) is 0 Å². The summed E-state index contributed by atoms with van der Waals surface area (Å²) in [6.45, 7) is 2.03. The molecule has 3 rings (SSSR count). The highest BCUT2D eigenvalue weighted by Crippen LogP contribution is 2.24. The minimum absolute atomic E-state index is 0.283. The van der Waals surface area contributed by atoms with Crippen LogP contribution in [0.25, 0.3) is 0 Å². The Morgan fingerprint density at radius 1 is 1.00 bits per heavy atom. The lowest BCUT2D eigenvalue weighted by atomic mass is 9.97. The van der Waals surface area contributed by atoms with Crippen molar-refractivity contribution in [3.05, 3.63) is 48.3 Å². The molecule has 1 aromatic carbocycles. The number of nitrogens with zero attached hydrogens (tertiary/aromatic N) is 2. The van der Waals surface area contributed by atoms with Gasteiger partial charge in [0.25, 0.3) is 0 Å². The Kier molecular flexibility index (Phi) is 3.87. The lowest BCUT2D eigenvalue weighted by Gasteiger charge is -2.21. The van der Waals surface area contributed by atoms with E-state index >= 15 is 0 Å². The van der Waals surface area contributed by atoms with Crippen molar-refractivity contribution in [2.45, 2.75) is 18.8 Å². The Bertz CT molecular complexity index is 550. The van der Waals surface area contributed by atoms with Crippen molar-refractivity contribution in [1.29, 1.82) is 0 Å². The average molecular weight is 273 g/mol. The summed E-state index contributed by atoms with van der Waals surface area (Å²) in [5.41, 5.74) is 0. The third-order valence-corrected chi connectivity index (χ3v) is 3.40. The third kappa shape index (κ3) is 3.11. The first-order valence-electron chi connectivity index (χ1n) is 6.77. The van der Waals surface area contributed by atoms with Gasteiger partial charge in [-0.2, -0.15) is 0 Å². The number of aromatic nitrogens is 2. The number of hydrogen-bond donors (Lipinski definition) is 1. The van der Waals surface area contributed by atoms with E-state index in [-0.39, 0.29) is 5.82 Å². The predicted octanol–water partition coefficient (Wildman–Crippen LogP) is 2.88. The zero-order chi connectivity index (χ0) is 13.8. The molecule has 1 aliphatic rings. The van der Waals surface area contributed by atoms with Crippen LogP contribution in [0.4, 0.5) is 4.39 Å². The highest BCUT2D eigenvalue weighted by atomic mass is 19.1. The van der Waals surface area contributed by atoms with Crippen molar-refractivity contribution in [2.24, 2.45) is 0 Å². The van der Waals surface area contributed by atoms with Crippen LogP contribution >= 0.6 is 0 Å². The Morgan fingerprint density at radius 2 is 1.65 bits per heavy atom. The normalized spacial score (nSPS) is 16.1. The maximum atomic E-state index is 12.8. The fourth-order valence-corrected chi connectivity index (χ4v) is 2.31. The van der Waals surface area contributed by atoms with Crippen LogP contribution in [-0.2, 0) is 0 Å². The van der Waals surface area contributed by atoms with Crippen LogP contribution in [0.15, 0.2) is 36.7 Å². The van der Waals surface area contributed by atoms with Gasteiger partial charge in [-0.25, -0.2) is 14.4 Å². The molecule has 0 saturated carbocycles. The quantitative estimate of drug-likeness (QED) is 0.934. The van der Waals surface area contributed by atoms with Gasteiger partial charge in [-0.15, -0.1) is 0 Å². The SMILES string of the molecule is Fc1ccc(Oc2cnc(C3CCNCC3)nc2)cc1. The van der Waals surface area contributed by atoms with Crippen LogP contribution in [0.2, 0.25) is 0 Å². The molecule has 1 N–H and O–H groups in total. The molecule has 5 heteroatoms. The topological polar surface area (TPSA) is 47.0 Å². The molecule has 0 atom stereocenters. The van der Waals surface area contributed by atoms with Crippen LogP contribution in [0, 0.1) is 5.82 Å². The van der Waals surface area contributed by atoms with Crippen molar-refractivity contribution < 1.29 is 9.13 Å². The van der Waals surface area contributed by atoms with E-state index < -0.39 is 0 Å². The Morgan fingerprint density at radius 3 is 2.30 bits per heavy atom. The number of benzene rings is 1. The van der Waals surface area contributed by atoms with Crippen LogP contribution < -0.4 is 10.1 Å². The molecule has 0 radical (unpaired) electrons. The van der Waals surface area contributed by atoms with Crippen molar-refractivity contribution in [3.63, 3.8) is 0 Å². The van der Waals surface area contributed by atoms with E-state index in [9.17, 15) is 4.39 Å². The summed E-state index contributed by atoms with van der Waals surface area (Å²) in [6.07, 6.45) is 5.48. The molecular formula is C15H16FN3O. The molecular weight excluding hydrogens is 257 g/mol. The minimum Gasteiger partial charge on any atom is -0.454 e. The van der Waals surface area contributed by atoms with Gasteiger partial charge in [-0.05, 0) is 50.2 Å². The van der Waals surface area contributed by atoms with Crippen LogP contribution in [0.5, 0.6) is 11.5 Å². The molecule has 0 bridgehead atoms. The fourth-order valence-electron chi connectivity index (χ4n) is 2.31. The minimum atomic E-state index is -0.283. The highest BCUT2D eigenvalue weighted by Gasteiger charge is 2.17. The number of halogens is 1. The number of rotatable bonds is 3. The monoisotopic (exact) mass is 273 g/mol. The summed E-state index contributed by atoms with van der Waals surface area (Å²) in [4.78, 5) is 8.76. The van der Waals surface area contributed by atoms with E-state index in [1.165, 1.54) is 12.1 Å².